The summed E-state index contributed by atoms with van der Waals surface area (Å²) in [7, 11) is 0. The minimum atomic E-state index is -1.30. The highest BCUT2D eigenvalue weighted by Gasteiger charge is 2.45. The van der Waals surface area contributed by atoms with Crippen LogP contribution in [0, 0.1) is 17.0 Å². The van der Waals surface area contributed by atoms with Crippen molar-refractivity contribution in [3.8, 4) is 0 Å². The van der Waals surface area contributed by atoms with Gasteiger partial charge in [0, 0.05) is 12.1 Å². The van der Waals surface area contributed by atoms with E-state index < -0.39 is 48.2 Å². The Morgan fingerprint density at radius 2 is 1.93 bits per heavy atom. The number of aliphatic hydroxyl groups excluding tert-OH is 1. The van der Waals surface area contributed by atoms with Crippen molar-refractivity contribution in [2.24, 2.45) is 11.1 Å². The highest BCUT2D eigenvalue weighted by molar-refractivity contribution is 5.66. The Morgan fingerprint density at radius 3 is 2.43 bits per heavy atom. The van der Waals surface area contributed by atoms with Crippen LogP contribution in [0.2, 0.25) is 0 Å². The fourth-order valence-corrected chi connectivity index (χ4v) is 3.60. The maximum absolute atomic E-state index is 13.4. The van der Waals surface area contributed by atoms with Crippen molar-refractivity contribution in [3.63, 3.8) is 0 Å². The van der Waals surface area contributed by atoms with Crippen LogP contribution in [0.3, 0.4) is 0 Å². The van der Waals surface area contributed by atoms with Crippen LogP contribution in [0.4, 0.5) is 13.6 Å². The second-order valence-electron chi connectivity index (χ2n) is 8.94. The number of nitrogens with zero attached hydrogens (tertiary/aromatic N) is 1. The summed E-state index contributed by atoms with van der Waals surface area (Å²) in [5, 5.41) is 20.6. The van der Waals surface area contributed by atoms with E-state index in [0.29, 0.717) is 13.0 Å². The van der Waals surface area contributed by atoms with Crippen molar-refractivity contribution in [2.75, 3.05) is 13.2 Å². The van der Waals surface area contributed by atoms with Crippen LogP contribution >= 0.6 is 0 Å². The van der Waals surface area contributed by atoms with Crippen molar-refractivity contribution in [1.29, 1.82) is 0 Å². The van der Waals surface area contributed by atoms with Crippen LogP contribution in [0.5, 0.6) is 0 Å². The highest BCUT2D eigenvalue weighted by atomic mass is 19.1. The largest absolute Gasteiger partial charge is 0.465 e. The molecule has 0 aromatic heterocycles. The second kappa shape index (κ2) is 10.00. The average Bonchev–Trinajstić information content (AvgIpc) is 2.63. The quantitative estimate of drug-likeness (QED) is 0.614. The van der Waals surface area contributed by atoms with E-state index in [1.165, 1.54) is 0 Å². The van der Waals surface area contributed by atoms with Gasteiger partial charge in [-0.3, -0.25) is 4.90 Å². The number of carbonyl (C=O) groups is 1. The van der Waals surface area contributed by atoms with E-state index in [0.717, 1.165) is 23.1 Å². The van der Waals surface area contributed by atoms with Gasteiger partial charge in [-0.25, -0.2) is 13.6 Å². The normalized spacial score (nSPS) is 24.5. The molecule has 30 heavy (non-hydrogen) atoms. The number of hydrogen-bond donors (Lipinski definition) is 3. The Labute approximate surface area is 175 Å². The SMILES string of the molecule is CC[C@H]1[C@H](OCC(C)(C)C)OC[C@H]([C@@H](O)[C@@H](N)Cc2cc(F)cc(F)c2)N1C(=O)O. The van der Waals surface area contributed by atoms with Crippen molar-refractivity contribution in [1.82, 2.24) is 4.90 Å². The van der Waals surface area contributed by atoms with Gasteiger partial charge in [-0.05, 0) is 36.0 Å². The molecule has 0 saturated carbocycles. The molecule has 1 aliphatic rings. The molecule has 1 fully saturated rings. The summed E-state index contributed by atoms with van der Waals surface area (Å²) in [6.07, 6.45) is -2.90. The Balaban J connectivity index is 2.15. The summed E-state index contributed by atoms with van der Waals surface area (Å²) in [4.78, 5) is 13.2. The van der Waals surface area contributed by atoms with Gasteiger partial charge in [0.2, 0.25) is 0 Å². The van der Waals surface area contributed by atoms with Crippen molar-refractivity contribution in [3.05, 3.63) is 35.4 Å². The van der Waals surface area contributed by atoms with Crippen LogP contribution in [0.15, 0.2) is 18.2 Å². The molecule has 0 unspecified atom stereocenters. The summed E-state index contributed by atoms with van der Waals surface area (Å²) in [6.45, 7) is 8.05. The molecule has 0 aliphatic carbocycles. The number of carboxylic acid groups (broad SMARTS) is 1. The fourth-order valence-electron chi connectivity index (χ4n) is 3.60. The van der Waals surface area contributed by atoms with Gasteiger partial charge in [-0.2, -0.15) is 0 Å². The van der Waals surface area contributed by atoms with Crippen LogP contribution in [-0.4, -0.2) is 64.9 Å². The highest BCUT2D eigenvalue weighted by Crippen LogP contribution is 2.27. The summed E-state index contributed by atoms with van der Waals surface area (Å²) in [5.41, 5.74) is 6.22. The van der Waals surface area contributed by atoms with Gasteiger partial charge in [-0.1, -0.05) is 27.7 Å². The van der Waals surface area contributed by atoms with Gasteiger partial charge in [0.15, 0.2) is 6.29 Å². The van der Waals surface area contributed by atoms with E-state index in [4.69, 9.17) is 15.2 Å². The first-order valence-corrected chi connectivity index (χ1v) is 10.1. The molecule has 9 heteroatoms. The smallest absolute Gasteiger partial charge is 0.408 e. The molecule has 1 saturated heterocycles. The molecule has 1 amide bonds. The van der Waals surface area contributed by atoms with Crippen LogP contribution in [0.25, 0.3) is 0 Å². The van der Waals surface area contributed by atoms with Gasteiger partial charge in [0.25, 0.3) is 0 Å². The third kappa shape index (κ3) is 6.34. The zero-order valence-corrected chi connectivity index (χ0v) is 17.8. The summed E-state index contributed by atoms with van der Waals surface area (Å²) >= 11 is 0. The van der Waals surface area contributed by atoms with E-state index in [1.54, 1.807) is 0 Å². The number of rotatable bonds is 7. The van der Waals surface area contributed by atoms with Crippen LogP contribution < -0.4 is 5.73 Å². The van der Waals surface area contributed by atoms with Crippen molar-refractivity contribution in [2.45, 2.75) is 71.1 Å². The summed E-state index contributed by atoms with van der Waals surface area (Å²) in [6, 6.07) is 0.495. The number of amides is 1. The Kier molecular flexibility index (Phi) is 8.15. The number of aliphatic hydroxyl groups is 1. The van der Waals surface area contributed by atoms with Gasteiger partial charge in [-0.15, -0.1) is 0 Å². The van der Waals surface area contributed by atoms with Crippen molar-refractivity contribution >= 4 is 6.09 Å². The monoisotopic (exact) mass is 430 g/mol. The minimum absolute atomic E-state index is 0.0272. The van der Waals surface area contributed by atoms with E-state index in [2.05, 4.69) is 0 Å². The van der Waals surface area contributed by atoms with Gasteiger partial charge >= 0.3 is 6.09 Å². The molecule has 1 aromatic carbocycles. The number of morpholine rings is 1. The number of hydrogen-bond acceptors (Lipinski definition) is 5. The first kappa shape index (κ1) is 24.5. The van der Waals surface area contributed by atoms with Crippen LogP contribution in [0.1, 0.15) is 39.7 Å². The first-order chi connectivity index (χ1) is 13.9. The van der Waals surface area contributed by atoms with E-state index in [-0.39, 0.29) is 24.0 Å². The predicted molar refractivity (Wildman–Crippen MR) is 107 cm³/mol. The zero-order valence-electron chi connectivity index (χ0n) is 17.8. The standard InChI is InChI=1S/C21H32F2N2O5/c1-5-16-19(30-11-21(2,3)4)29-10-17(25(16)20(27)28)18(26)15(24)8-12-6-13(22)9-14(23)7-12/h6-7,9,15-19,26H,5,8,10-11,24H2,1-4H3,(H,27,28)/t15-,16-,17+,18-,19-/m0/s1. The predicted octanol–water partition coefficient (Wildman–Crippen LogP) is 2.74. The molecule has 2 rings (SSSR count). The summed E-state index contributed by atoms with van der Waals surface area (Å²) < 4.78 is 38.5. The zero-order chi connectivity index (χ0) is 22.6. The van der Waals surface area contributed by atoms with Gasteiger partial charge in [0.1, 0.15) is 11.6 Å². The number of nitrogens with two attached hydrogens (primary N) is 1. The third-order valence-electron chi connectivity index (χ3n) is 5.01. The molecule has 1 aromatic rings. The molecular formula is C21H32F2N2O5. The maximum Gasteiger partial charge on any atom is 0.408 e. The maximum atomic E-state index is 13.4. The van der Waals surface area contributed by atoms with E-state index in [1.807, 2.05) is 27.7 Å². The number of ether oxygens (including phenoxy) is 2. The third-order valence-corrected chi connectivity index (χ3v) is 5.01. The van der Waals surface area contributed by atoms with Crippen molar-refractivity contribution < 1.29 is 33.3 Å². The fraction of sp³-hybridized carbons (Fsp3) is 0.667. The molecule has 0 bridgehead atoms. The van der Waals surface area contributed by atoms with E-state index >= 15 is 0 Å². The molecule has 1 aliphatic heterocycles. The topological polar surface area (TPSA) is 105 Å². The second-order valence-corrected chi connectivity index (χ2v) is 8.94. The molecule has 7 nitrogen and oxygen atoms in total. The van der Waals surface area contributed by atoms with Gasteiger partial charge < -0.3 is 25.4 Å². The minimum Gasteiger partial charge on any atom is -0.465 e. The lowest BCUT2D eigenvalue weighted by Crippen LogP contribution is -2.65. The summed E-state index contributed by atoms with van der Waals surface area (Å²) in [5.74, 6) is -1.49. The Bertz CT molecular complexity index is 708. The molecule has 1 heterocycles. The number of benzene rings is 1. The first-order valence-electron chi connectivity index (χ1n) is 10.1. The Hall–Kier alpha value is -1.81. The van der Waals surface area contributed by atoms with Gasteiger partial charge in [0.05, 0.1) is 31.4 Å². The molecule has 4 N–H and O–H groups in total. The molecule has 170 valence electrons. The number of halogens is 2. The molecular weight excluding hydrogens is 398 g/mol. The lowest BCUT2D eigenvalue weighted by molar-refractivity contribution is -0.234. The lowest BCUT2D eigenvalue weighted by Gasteiger charge is -2.46. The van der Waals surface area contributed by atoms with E-state index in [9.17, 15) is 23.8 Å². The Morgan fingerprint density at radius 1 is 1.33 bits per heavy atom. The average molecular weight is 430 g/mol. The molecule has 0 spiro atoms. The molecule has 0 radical (unpaired) electrons. The molecule has 5 atom stereocenters. The van der Waals surface area contributed by atoms with Crippen LogP contribution in [-0.2, 0) is 15.9 Å². The lowest BCUT2D eigenvalue weighted by atomic mass is 9.94.